The minimum Gasteiger partial charge on any atom is -0.323 e. The number of rotatable bonds is 3. The lowest BCUT2D eigenvalue weighted by atomic mass is 10.1. The van der Waals surface area contributed by atoms with E-state index in [0.717, 1.165) is 16.6 Å². The Bertz CT molecular complexity index is 809. The molecule has 3 aromatic rings. The van der Waals surface area contributed by atoms with Crippen LogP contribution in [0.3, 0.4) is 0 Å². The number of nitrogens with one attached hydrogen (secondary N) is 1. The first-order valence-corrected chi connectivity index (χ1v) is 6.72. The molecule has 0 spiro atoms. The SMILES string of the molecule is CCC(=O)Nc1cncnc1-c1nn(C)c2ccccc12. The monoisotopic (exact) mass is 281 g/mol. The van der Waals surface area contributed by atoms with E-state index in [0.29, 0.717) is 17.8 Å². The van der Waals surface area contributed by atoms with Gasteiger partial charge in [0, 0.05) is 18.9 Å². The molecule has 3 rings (SSSR count). The molecule has 0 bridgehead atoms. The van der Waals surface area contributed by atoms with E-state index in [1.807, 2.05) is 31.3 Å². The Morgan fingerprint density at radius 3 is 2.90 bits per heavy atom. The number of carbonyl (C=O) groups excluding carboxylic acids is 1. The Kier molecular flexibility index (Phi) is 3.35. The van der Waals surface area contributed by atoms with Gasteiger partial charge in [0.25, 0.3) is 0 Å². The predicted octanol–water partition coefficient (Wildman–Crippen LogP) is 2.38. The van der Waals surface area contributed by atoms with E-state index in [-0.39, 0.29) is 5.91 Å². The fraction of sp³-hybridized carbons (Fsp3) is 0.200. The number of hydrogen-bond acceptors (Lipinski definition) is 4. The van der Waals surface area contributed by atoms with Gasteiger partial charge in [0.1, 0.15) is 17.7 Å². The minimum absolute atomic E-state index is 0.0775. The summed E-state index contributed by atoms with van der Waals surface area (Å²) >= 11 is 0. The van der Waals surface area contributed by atoms with Gasteiger partial charge in [-0.1, -0.05) is 25.1 Å². The van der Waals surface area contributed by atoms with Crippen LogP contribution in [0.25, 0.3) is 22.3 Å². The maximum absolute atomic E-state index is 11.6. The third kappa shape index (κ3) is 2.35. The van der Waals surface area contributed by atoms with Crippen LogP contribution >= 0.6 is 0 Å². The molecule has 6 heteroatoms. The smallest absolute Gasteiger partial charge is 0.224 e. The van der Waals surface area contributed by atoms with Crippen LogP contribution in [0.1, 0.15) is 13.3 Å². The maximum Gasteiger partial charge on any atom is 0.224 e. The van der Waals surface area contributed by atoms with Crippen molar-refractivity contribution < 1.29 is 4.79 Å². The van der Waals surface area contributed by atoms with Crippen molar-refractivity contribution in [3.05, 3.63) is 36.8 Å². The van der Waals surface area contributed by atoms with Gasteiger partial charge in [-0.2, -0.15) is 5.10 Å². The van der Waals surface area contributed by atoms with E-state index in [1.165, 1.54) is 6.33 Å². The van der Waals surface area contributed by atoms with E-state index in [2.05, 4.69) is 20.4 Å². The highest BCUT2D eigenvalue weighted by Gasteiger charge is 2.16. The Morgan fingerprint density at radius 1 is 1.29 bits per heavy atom. The van der Waals surface area contributed by atoms with Crippen LogP contribution in [0, 0.1) is 0 Å². The number of hydrogen-bond donors (Lipinski definition) is 1. The Hall–Kier alpha value is -2.76. The molecule has 0 atom stereocenters. The summed E-state index contributed by atoms with van der Waals surface area (Å²) in [4.78, 5) is 19.9. The highest BCUT2D eigenvalue weighted by Crippen LogP contribution is 2.30. The molecule has 2 heterocycles. The first kappa shape index (κ1) is 13.2. The van der Waals surface area contributed by atoms with Crippen molar-refractivity contribution in [2.24, 2.45) is 7.05 Å². The Labute approximate surface area is 121 Å². The molecule has 0 aliphatic carbocycles. The lowest BCUT2D eigenvalue weighted by molar-refractivity contribution is -0.115. The number of para-hydroxylation sites is 1. The molecule has 1 amide bonds. The van der Waals surface area contributed by atoms with Crippen molar-refractivity contribution in [2.75, 3.05) is 5.32 Å². The number of nitrogens with zero attached hydrogens (tertiary/aromatic N) is 4. The summed E-state index contributed by atoms with van der Waals surface area (Å²) in [5, 5.41) is 8.34. The standard InChI is InChI=1S/C15H15N5O/c1-3-13(21)18-11-8-16-9-17-15(11)14-10-6-4-5-7-12(10)20(2)19-14/h4-9H,3H2,1-2H3,(H,18,21). The van der Waals surface area contributed by atoms with Gasteiger partial charge in [0.05, 0.1) is 17.4 Å². The summed E-state index contributed by atoms with van der Waals surface area (Å²) in [5.74, 6) is -0.0775. The number of aryl methyl sites for hydroxylation is 1. The number of anilines is 1. The Morgan fingerprint density at radius 2 is 2.10 bits per heavy atom. The minimum atomic E-state index is -0.0775. The molecular formula is C15H15N5O. The van der Waals surface area contributed by atoms with Crippen LogP contribution in [-0.2, 0) is 11.8 Å². The largest absolute Gasteiger partial charge is 0.323 e. The molecule has 0 saturated carbocycles. The van der Waals surface area contributed by atoms with E-state index >= 15 is 0 Å². The molecule has 0 radical (unpaired) electrons. The molecule has 6 nitrogen and oxygen atoms in total. The number of fused-ring (bicyclic) bond motifs is 1. The quantitative estimate of drug-likeness (QED) is 0.800. The molecule has 2 aromatic heterocycles. The average molecular weight is 281 g/mol. The van der Waals surface area contributed by atoms with Crippen LogP contribution in [-0.4, -0.2) is 25.7 Å². The van der Waals surface area contributed by atoms with Crippen molar-refractivity contribution in [3.8, 4) is 11.4 Å². The normalized spacial score (nSPS) is 10.8. The third-order valence-electron chi connectivity index (χ3n) is 3.29. The summed E-state index contributed by atoms with van der Waals surface area (Å²) in [5.41, 5.74) is 2.96. The third-order valence-corrected chi connectivity index (χ3v) is 3.29. The highest BCUT2D eigenvalue weighted by molar-refractivity contribution is 5.99. The fourth-order valence-corrected chi connectivity index (χ4v) is 2.24. The van der Waals surface area contributed by atoms with E-state index in [4.69, 9.17) is 0 Å². The molecule has 0 aliphatic heterocycles. The molecule has 0 unspecified atom stereocenters. The van der Waals surface area contributed by atoms with Gasteiger partial charge < -0.3 is 5.32 Å². The number of amides is 1. The second kappa shape index (κ2) is 5.32. The van der Waals surface area contributed by atoms with Crippen molar-refractivity contribution >= 4 is 22.5 Å². The van der Waals surface area contributed by atoms with Crippen molar-refractivity contribution in [2.45, 2.75) is 13.3 Å². The van der Waals surface area contributed by atoms with Gasteiger partial charge in [0.2, 0.25) is 5.91 Å². The summed E-state index contributed by atoms with van der Waals surface area (Å²) in [6, 6.07) is 7.91. The predicted molar refractivity (Wildman–Crippen MR) is 80.7 cm³/mol. The first-order chi connectivity index (χ1) is 10.2. The molecule has 0 aliphatic rings. The molecule has 1 aromatic carbocycles. The molecule has 1 N–H and O–H groups in total. The molecule has 106 valence electrons. The van der Waals surface area contributed by atoms with Crippen LogP contribution in [0.15, 0.2) is 36.8 Å². The van der Waals surface area contributed by atoms with Crippen LogP contribution < -0.4 is 5.32 Å². The fourth-order valence-electron chi connectivity index (χ4n) is 2.24. The van der Waals surface area contributed by atoms with E-state index < -0.39 is 0 Å². The number of aromatic nitrogens is 4. The topological polar surface area (TPSA) is 72.7 Å². The maximum atomic E-state index is 11.6. The van der Waals surface area contributed by atoms with Gasteiger partial charge in [-0.05, 0) is 6.07 Å². The van der Waals surface area contributed by atoms with Gasteiger partial charge in [-0.25, -0.2) is 9.97 Å². The zero-order valence-electron chi connectivity index (χ0n) is 11.9. The van der Waals surface area contributed by atoms with E-state index in [1.54, 1.807) is 17.8 Å². The summed E-state index contributed by atoms with van der Waals surface area (Å²) in [7, 11) is 1.89. The van der Waals surface area contributed by atoms with Gasteiger partial charge >= 0.3 is 0 Å². The second-order valence-corrected chi connectivity index (χ2v) is 4.68. The molecular weight excluding hydrogens is 266 g/mol. The summed E-state index contributed by atoms with van der Waals surface area (Å²) in [6.07, 6.45) is 3.46. The van der Waals surface area contributed by atoms with Crippen LogP contribution in [0.5, 0.6) is 0 Å². The zero-order chi connectivity index (χ0) is 14.8. The molecule has 0 fully saturated rings. The van der Waals surface area contributed by atoms with Gasteiger partial charge in [-0.15, -0.1) is 0 Å². The Balaban J connectivity index is 2.17. The number of benzene rings is 1. The number of carbonyl (C=O) groups is 1. The van der Waals surface area contributed by atoms with Crippen molar-refractivity contribution in [1.29, 1.82) is 0 Å². The van der Waals surface area contributed by atoms with Crippen LogP contribution in [0.4, 0.5) is 5.69 Å². The lowest BCUT2D eigenvalue weighted by Gasteiger charge is -2.07. The highest BCUT2D eigenvalue weighted by atomic mass is 16.1. The summed E-state index contributed by atoms with van der Waals surface area (Å²) < 4.78 is 1.80. The van der Waals surface area contributed by atoms with E-state index in [9.17, 15) is 4.79 Å². The first-order valence-electron chi connectivity index (χ1n) is 6.72. The van der Waals surface area contributed by atoms with Gasteiger partial charge in [0.15, 0.2) is 0 Å². The zero-order valence-corrected chi connectivity index (χ0v) is 11.9. The van der Waals surface area contributed by atoms with Crippen molar-refractivity contribution in [1.82, 2.24) is 19.7 Å². The lowest BCUT2D eigenvalue weighted by Crippen LogP contribution is -2.11. The summed E-state index contributed by atoms with van der Waals surface area (Å²) in [6.45, 7) is 1.80. The molecule has 21 heavy (non-hydrogen) atoms. The van der Waals surface area contributed by atoms with Crippen molar-refractivity contribution in [3.63, 3.8) is 0 Å². The molecule has 0 saturated heterocycles. The average Bonchev–Trinajstić information content (AvgIpc) is 2.85. The second-order valence-electron chi connectivity index (χ2n) is 4.68. The van der Waals surface area contributed by atoms with Gasteiger partial charge in [-0.3, -0.25) is 9.48 Å². The van der Waals surface area contributed by atoms with Crippen LogP contribution in [0.2, 0.25) is 0 Å².